The molecule has 15 heavy (non-hydrogen) atoms. The Labute approximate surface area is 90.3 Å². The van der Waals surface area contributed by atoms with Gasteiger partial charge in [-0.2, -0.15) is 0 Å². The maximum Gasteiger partial charge on any atom is 0.155 e. The summed E-state index contributed by atoms with van der Waals surface area (Å²) in [6, 6.07) is 0.557. The fraction of sp³-hybridized carbons (Fsp3) is 0.750. The molecule has 82 valence electrons. The Bertz CT molecular complexity index is 300. The first-order valence-corrected chi connectivity index (χ1v) is 6.04. The van der Waals surface area contributed by atoms with Crippen molar-refractivity contribution in [2.45, 2.75) is 31.7 Å². The maximum atomic E-state index is 11.4. The van der Waals surface area contributed by atoms with E-state index in [0.717, 1.165) is 18.9 Å². The van der Waals surface area contributed by atoms with E-state index in [0.29, 0.717) is 23.7 Å². The van der Waals surface area contributed by atoms with Crippen LogP contribution in [0.1, 0.15) is 25.7 Å². The standard InChI is InChI=1S/C12H18N2O/c15-10-4-5-11-8(6-10)2-1-3-9-7-13-14-12(9)11/h4-5,8-9,11-14H,1-3,6-7H2. The van der Waals surface area contributed by atoms with Crippen LogP contribution in [-0.4, -0.2) is 18.4 Å². The molecule has 3 rings (SSSR count). The SMILES string of the molecule is O=C1C=CC2C(CCCC3CNNC32)C1. The van der Waals surface area contributed by atoms with E-state index in [1.807, 2.05) is 0 Å². The first-order chi connectivity index (χ1) is 7.34. The minimum atomic E-state index is 0.320. The molecular weight excluding hydrogens is 188 g/mol. The highest BCUT2D eigenvalue weighted by atomic mass is 16.1. The van der Waals surface area contributed by atoms with E-state index < -0.39 is 0 Å². The number of hydrogen-bond acceptors (Lipinski definition) is 3. The van der Waals surface area contributed by atoms with E-state index in [4.69, 9.17) is 0 Å². The lowest BCUT2D eigenvalue weighted by atomic mass is 9.76. The predicted octanol–water partition coefficient (Wildman–Crippen LogP) is 1.02. The van der Waals surface area contributed by atoms with Gasteiger partial charge in [0.15, 0.2) is 5.78 Å². The van der Waals surface area contributed by atoms with Crippen LogP contribution in [0.5, 0.6) is 0 Å². The van der Waals surface area contributed by atoms with Gasteiger partial charge < -0.3 is 0 Å². The van der Waals surface area contributed by atoms with Crippen LogP contribution in [0.2, 0.25) is 0 Å². The van der Waals surface area contributed by atoms with Gasteiger partial charge in [-0.05, 0) is 36.7 Å². The molecule has 0 spiro atoms. The third kappa shape index (κ3) is 1.64. The normalized spacial score (nSPS) is 44.7. The molecule has 3 nitrogen and oxygen atoms in total. The summed E-state index contributed by atoms with van der Waals surface area (Å²) in [5.74, 6) is 2.24. The van der Waals surface area contributed by atoms with Gasteiger partial charge in [0.1, 0.15) is 0 Å². The van der Waals surface area contributed by atoms with Gasteiger partial charge in [0.05, 0.1) is 0 Å². The van der Waals surface area contributed by atoms with Crippen molar-refractivity contribution in [3.8, 4) is 0 Å². The number of hydrogen-bond donors (Lipinski definition) is 2. The van der Waals surface area contributed by atoms with Crippen molar-refractivity contribution in [2.75, 3.05) is 6.54 Å². The summed E-state index contributed by atoms with van der Waals surface area (Å²) in [6.45, 7) is 1.09. The van der Waals surface area contributed by atoms with Gasteiger partial charge in [-0.3, -0.25) is 15.6 Å². The Balaban J connectivity index is 1.87. The van der Waals surface area contributed by atoms with Crippen molar-refractivity contribution in [1.82, 2.24) is 10.9 Å². The predicted molar refractivity (Wildman–Crippen MR) is 58.0 cm³/mol. The fourth-order valence-electron chi connectivity index (χ4n) is 3.43. The van der Waals surface area contributed by atoms with E-state index in [9.17, 15) is 4.79 Å². The Morgan fingerprint density at radius 3 is 3.07 bits per heavy atom. The highest BCUT2D eigenvalue weighted by Crippen LogP contribution is 2.38. The van der Waals surface area contributed by atoms with Gasteiger partial charge in [0.25, 0.3) is 0 Å². The molecule has 0 bridgehead atoms. The van der Waals surface area contributed by atoms with Gasteiger partial charge in [-0.25, -0.2) is 0 Å². The van der Waals surface area contributed by atoms with Crippen LogP contribution in [-0.2, 0) is 4.79 Å². The van der Waals surface area contributed by atoms with Gasteiger partial charge in [0.2, 0.25) is 0 Å². The van der Waals surface area contributed by atoms with E-state index >= 15 is 0 Å². The van der Waals surface area contributed by atoms with Gasteiger partial charge in [-0.15, -0.1) is 0 Å². The first-order valence-electron chi connectivity index (χ1n) is 6.04. The van der Waals surface area contributed by atoms with Crippen LogP contribution in [0, 0.1) is 17.8 Å². The van der Waals surface area contributed by atoms with Crippen molar-refractivity contribution in [2.24, 2.45) is 17.8 Å². The number of hydrazine groups is 1. The summed E-state index contributed by atoms with van der Waals surface area (Å²) in [5.41, 5.74) is 6.67. The third-order valence-electron chi connectivity index (χ3n) is 4.22. The lowest BCUT2D eigenvalue weighted by molar-refractivity contribution is -0.116. The molecule has 0 aromatic carbocycles. The highest BCUT2D eigenvalue weighted by Gasteiger charge is 2.40. The molecule has 0 radical (unpaired) electrons. The average molecular weight is 206 g/mol. The molecule has 4 unspecified atom stereocenters. The van der Waals surface area contributed by atoms with Gasteiger partial charge >= 0.3 is 0 Å². The molecule has 1 aliphatic heterocycles. The summed E-state index contributed by atoms with van der Waals surface area (Å²) in [5, 5.41) is 0. The van der Waals surface area contributed by atoms with E-state index in [1.54, 1.807) is 6.08 Å². The van der Waals surface area contributed by atoms with E-state index in [1.165, 1.54) is 19.3 Å². The molecule has 3 heteroatoms. The number of nitrogens with one attached hydrogen (secondary N) is 2. The molecule has 2 fully saturated rings. The van der Waals surface area contributed by atoms with Gasteiger partial charge in [0, 0.05) is 19.0 Å². The number of ketones is 1. The zero-order valence-corrected chi connectivity index (χ0v) is 8.91. The second-order valence-electron chi connectivity index (χ2n) is 5.11. The number of rotatable bonds is 0. The zero-order valence-electron chi connectivity index (χ0n) is 8.91. The van der Waals surface area contributed by atoms with Crippen LogP contribution >= 0.6 is 0 Å². The van der Waals surface area contributed by atoms with Crippen molar-refractivity contribution >= 4 is 5.78 Å². The Hall–Kier alpha value is -0.670. The van der Waals surface area contributed by atoms with Crippen molar-refractivity contribution in [3.63, 3.8) is 0 Å². The topological polar surface area (TPSA) is 41.1 Å². The van der Waals surface area contributed by atoms with Gasteiger partial charge in [-0.1, -0.05) is 12.5 Å². The largest absolute Gasteiger partial charge is 0.295 e. The lowest BCUT2D eigenvalue weighted by Gasteiger charge is -2.30. The smallest absolute Gasteiger partial charge is 0.155 e. The number of fused-ring (bicyclic) bond motifs is 3. The van der Waals surface area contributed by atoms with E-state index in [-0.39, 0.29) is 0 Å². The molecule has 2 N–H and O–H groups in total. The van der Waals surface area contributed by atoms with Crippen molar-refractivity contribution < 1.29 is 4.79 Å². The molecule has 1 saturated heterocycles. The average Bonchev–Trinajstić information content (AvgIpc) is 2.61. The molecule has 0 aromatic heterocycles. The van der Waals surface area contributed by atoms with Crippen LogP contribution in [0.3, 0.4) is 0 Å². The Morgan fingerprint density at radius 2 is 2.13 bits per heavy atom. The summed E-state index contributed by atoms with van der Waals surface area (Å²) in [6.07, 6.45) is 8.54. The molecule has 3 aliphatic rings. The molecule has 1 saturated carbocycles. The second-order valence-corrected chi connectivity index (χ2v) is 5.11. The van der Waals surface area contributed by atoms with Crippen molar-refractivity contribution in [3.05, 3.63) is 12.2 Å². The fourth-order valence-corrected chi connectivity index (χ4v) is 3.43. The number of carbonyl (C=O) groups excluding carboxylic acids is 1. The monoisotopic (exact) mass is 206 g/mol. The Morgan fingerprint density at radius 1 is 1.27 bits per heavy atom. The van der Waals surface area contributed by atoms with Crippen LogP contribution in [0.25, 0.3) is 0 Å². The first kappa shape index (κ1) is 9.55. The molecule has 2 aliphatic carbocycles. The molecule has 0 aromatic rings. The Kier molecular flexibility index (Phi) is 2.37. The number of carbonyl (C=O) groups is 1. The van der Waals surface area contributed by atoms with Crippen LogP contribution in [0.4, 0.5) is 0 Å². The molecule has 4 atom stereocenters. The molecule has 0 amide bonds. The number of allylic oxidation sites excluding steroid dienone is 1. The summed E-state index contributed by atoms with van der Waals surface area (Å²) in [7, 11) is 0. The lowest BCUT2D eigenvalue weighted by Crippen LogP contribution is -2.41. The minimum absolute atomic E-state index is 0.320. The third-order valence-corrected chi connectivity index (χ3v) is 4.22. The second kappa shape index (κ2) is 3.72. The molecule has 1 heterocycles. The van der Waals surface area contributed by atoms with Crippen LogP contribution < -0.4 is 10.9 Å². The summed E-state index contributed by atoms with van der Waals surface area (Å²) in [4.78, 5) is 11.4. The summed E-state index contributed by atoms with van der Waals surface area (Å²) >= 11 is 0. The zero-order chi connectivity index (χ0) is 10.3. The quantitative estimate of drug-likeness (QED) is 0.622. The van der Waals surface area contributed by atoms with Crippen LogP contribution in [0.15, 0.2) is 12.2 Å². The minimum Gasteiger partial charge on any atom is -0.295 e. The van der Waals surface area contributed by atoms with E-state index in [2.05, 4.69) is 16.9 Å². The summed E-state index contributed by atoms with van der Waals surface area (Å²) < 4.78 is 0. The maximum absolute atomic E-state index is 11.4. The van der Waals surface area contributed by atoms with Crippen molar-refractivity contribution in [1.29, 1.82) is 0 Å². The highest BCUT2D eigenvalue weighted by molar-refractivity contribution is 5.90. The molecular formula is C12H18N2O.